The maximum absolute atomic E-state index is 12.8. The van der Waals surface area contributed by atoms with E-state index in [1.54, 1.807) is 4.90 Å². The number of carbonyl (C=O) groups excluding carboxylic acids is 2. The molecule has 1 aromatic heterocycles. The lowest BCUT2D eigenvalue weighted by molar-refractivity contribution is -0.391. The highest BCUT2D eigenvalue weighted by molar-refractivity contribution is 7.93. The lowest BCUT2D eigenvalue weighted by atomic mass is 9.94. The molecular formula is C15H21N5O6S. The molecule has 148 valence electrons. The van der Waals surface area contributed by atoms with E-state index in [1.165, 1.54) is 14.0 Å². The molecule has 0 bridgehead atoms. The molecule has 0 atom stereocenters. The van der Waals surface area contributed by atoms with Gasteiger partial charge in [0.05, 0.1) is 35.5 Å². The summed E-state index contributed by atoms with van der Waals surface area (Å²) in [6.07, 6.45) is 1.91. The SMILES string of the molecule is CC(=O)N=S1(=O)CCC2(CC1)CN(C(=O)c1ncc([N+](=O)[O-])n1C)CCO2. The summed E-state index contributed by atoms with van der Waals surface area (Å²) in [5, 5.41) is 11.0. The summed E-state index contributed by atoms with van der Waals surface area (Å²) in [7, 11) is -1.14. The van der Waals surface area contributed by atoms with Crippen LogP contribution in [0.1, 0.15) is 30.4 Å². The number of aromatic nitrogens is 2. The Kier molecular flexibility index (Phi) is 5.04. The van der Waals surface area contributed by atoms with Gasteiger partial charge >= 0.3 is 11.7 Å². The quantitative estimate of drug-likeness (QED) is 0.517. The molecule has 0 aromatic carbocycles. The number of amides is 2. The number of carbonyl (C=O) groups is 2. The molecule has 1 spiro atoms. The fraction of sp³-hybridized carbons (Fsp3) is 0.667. The number of nitrogens with zero attached hydrogens (tertiary/aromatic N) is 5. The highest BCUT2D eigenvalue weighted by Crippen LogP contribution is 2.32. The van der Waals surface area contributed by atoms with Crippen molar-refractivity contribution in [3.63, 3.8) is 0 Å². The predicted octanol–water partition coefficient (Wildman–Crippen LogP) is 0.348. The number of nitro groups is 1. The molecule has 2 fully saturated rings. The zero-order chi connectivity index (χ0) is 19.8. The van der Waals surface area contributed by atoms with Crippen molar-refractivity contribution in [3.05, 3.63) is 22.1 Å². The number of imidazole rings is 1. The average molecular weight is 399 g/mol. The predicted molar refractivity (Wildman–Crippen MR) is 94.7 cm³/mol. The second-order valence-corrected chi connectivity index (χ2v) is 9.35. The van der Waals surface area contributed by atoms with Crippen LogP contribution in [0.15, 0.2) is 10.6 Å². The Bertz CT molecular complexity index is 902. The molecular weight excluding hydrogens is 378 g/mol. The Morgan fingerprint density at radius 1 is 1.41 bits per heavy atom. The number of ether oxygens (including phenoxy) is 1. The molecule has 0 unspecified atom stereocenters. The van der Waals surface area contributed by atoms with Crippen LogP contribution in [0.5, 0.6) is 0 Å². The zero-order valence-corrected chi connectivity index (χ0v) is 15.9. The monoisotopic (exact) mass is 399 g/mol. The first-order chi connectivity index (χ1) is 12.6. The molecule has 0 saturated carbocycles. The van der Waals surface area contributed by atoms with Crippen molar-refractivity contribution >= 4 is 27.4 Å². The molecule has 2 aliphatic rings. The molecule has 3 rings (SSSR count). The molecule has 0 N–H and O–H groups in total. The van der Waals surface area contributed by atoms with E-state index in [0.717, 1.165) is 10.8 Å². The number of rotatable bonds is 2. The highest BCUT2D eigenvalue weighted by atomic mass is 32.2. The van der Waals surface area contributed by atoms with E-state index >= 15 is 0 Å². The van der Waals surface area contributed by atoms with Gasteiger partial charge in [-0.25, -0.2) is 13.8 Å². The third-order valence-corrected chi connectivity index (χ3v) is 7.20. The summed E-state index contributed by atoms with van der Waals surface area (Å²) >= 11 is 0. The first-order valence-corrected chi connectivity index (χ1v) is 10.3. The van der Waals surface area contributed by atoms with Crippen LogP contribution in [0.2, 0.25) is 0 Å². The minimum atomic E-state index is -2.57. The summed E-state index contributed by atoms with van der Waals surface area (Å²) in [5.41, 5.74) is -0.641. The van der Waals surface area contributed by atoms with Gasteiger partial charge in [0, 0.05) is 25.0 Å². The Hall–Kier alpha value is -2.34. The van der Waals surface area contributed by atoms with Crippen molar-refractivity contribution in [1.29, 1.82) is 0 Å². The first-order valence-electron chi connectivity index (χ1n) is 8.47. The molecule has 11 nitrogen and oxygen atoms in total. The van der Waals surface area contributed by atoms with Gasteiger partial charge in [-0.15, -0.1) is 0 Å². The largest absolute Gasteiger partial charge is 0.371 e. The molecule has 2 aliphatic heterocycles. The summed E-state index contributed by atoms with van der Waals surface area (Å²) in [5.74, 6) is -0.651. The van der Waals surface area contributed by atoms with Gasteiger partial charge in [0.25, 0.3) is 11.7 Å². The molecule has 3 heterocycles. The molecule has 27 heavy (non-hydrogen) atoms. The van der Waals surface area contributed by atoms with Gasteiger partial charge < -0.3 is 19.8 Å². The van der Waals surface area contributed by atoms with Gasteiger partial charge in [0.2, 0.25) is 0 Å². The van der Waals surface area contributed by atoms with Crippen LogP contribution >= 0.6 is 0 Å². The fourth-order valence-electron chi connectivity index (χ4n) is 3.47. The van der Waals surface area contributed by atoms with Crippen molar-refractivity contribution in [2.45, 2.75) is 25.4 Å². The smallest absolute Gasteiger partial charge is 0.343 e. The summed E-state index contributed by atoms with van der Waals surface area (Å²) in [6.45, 7) is 2.21. The lowest BCUT2D eigenvalue weighted by Crippen LogP contribution is -2.56. The van der Waals surface area contributed by atoms with Gasteiger partial charge in [0.1, 0.15) is 6.20 Å². The standard InChI is InChI=1S/C15H21N5O6S/c1-11(21)17-27(25)7-3-15(4-8-27)10-19(5-6-26-15)14(22)13-16-9-12(18(13)2)20(23)24/h9H,3-8,10H2,1-2H3. The van der Waals surface area contributed by atoms with Crippen LogP contribution in [0, 0.1) is 10.1 Å². The maximum Gasteiger partial charge on any atom is 0.343 e. The van der Waals surface area contributed by atoms with Crippen LogP contribution in [0.25, 0.3) is 0 Å². The van der Waals surface area contributed by atoms with Crippen molar-refractivity contribution in [2.75, 3.05) is 31.2 Å². The topological polar surface area (TPSA) is 137 Å². The zero-order valence-electron chi connectivity index (χ0n) is 15.1. The lowest BCUT2D eigenvalue weighted by Gasteiger charge is -2.44. The molecule has 0 radical (unpaired) electrons. The van der Waals surface area contributed by atoms with E-state index in [0.29, 0.717) is 26.0 Å². The van der Waals surface area contributed by atoms with Crippen molar-refractivity contribution in [3.8, 4) is 0 Å². The van der Waals surface area contributed by atoms with E-state index in [1.807, 2.05) is 0 Å². The fourth-order valence-corrected chi connectivity index (χ4v) is 5.71. The highest BCUT2D eigenvalue weighted by Gasteiger charge is 2.43. The van der Waals surface area contributed by atoms with Crippen LogP contribution in [-0.2, 0) is 26.3 Å². The second-order valence-electron chi connectivity index (χ2n) is 6.81. The third-order valence-electron chi connectivity index (χ3n) is 4.93. The molecule has 2 amide bonds. The summed E-state index contributed by atoms with van der Waals surface area (Å²) in [4.78, 5) is 39.8. The number of hydrogen-bond acceptors (Lipinski definition) is 7. The van der Waals surface area contributed by atoms with Crippen LogP contribution in [0.3, 0.4) is 0 Å². The van der Waals surface area contributed by atoms with Gasteiger partial charge in [-0.05, 0) is 17.8 Å². The number of morpholine rings is 1. The maximum atomic E-state index is 12.8. The molecule has 2 saturated heterocycles. The molecule has 12 heteroatoms. The van der Waals surface area contributed by atoms with E-state index in [-0.39, 0.29) is 29.7 Å². The van der Waals surface area contributed by atoms with Crippen molar-refractivity contribution in [2.24, 2.45) is 11.4 Å². The summed E-state index contributed by atoms with van der Waals surface area (Å²) in [6, 6.07) is 0. The number of hydrogen-bond donors (Lipinski definition) is 0. The Labute approximate surface area is 156 Å². The van der Waals surface area contributed by atoms with Gasteiger partial charge in [-0.1, -0.05) is 0 Å². The van der Waals surface area contributed by atoms with E-state index in [4.69, 9.17) is 4.74 Å². The Balaban J connectivity index is 1.75. The van der Waals surface area contributed by atoms with E-state index < -0.39 is 32.1 Å². The van der Waals surface area contributed by atoms with Gasteiger partial charge in [-0.3, -0.25) is 9.59 Å². The van der Waals surface area contributed by atoms with Crippen LogP contribution in [-0.4, -0.2) is 72.2 Å². The van der Waals surface area contributed by atoms with E-state index in [9.17, 15) is 23.9 Å². The first kappa shape index (κ1) is 19.4. The van der Waals surface area contributed by atoms with Crippen molar-refractivity contribution in [1.82, 2.24) is 14.5 Å². The summed E-state index contributed by atoms with van der Waals surface area (Å²) < 4.78 is 23.4. The van der Waals surface area contributed by atoms with Gasteiger partial charge in [-0.2, -0.15) is 4.36 Å². The Morgan fingerprint density at radius 2 is 2.07 bits per heavy atom. The second kappa shape index (κ2) is 7.00. The Morgan fingerprint density at radius 3 is 2.63 bits per heavy atom. The minimum absolute atomic E-state index is 0.00932. The van der Waals surface area contributed by atoms with E-state index in [2.05, 4.69) is 9.35 Å². The van der Waals surface area contributed by atoms with Crippen LogP contribution in [0.4, 0.5) is 5.82 Å². The van der Waals surface area contributed by atoms with Gasteiger partial charge in [0.15, 0.2) is 0 Å². The van der Waals surface area contributed by atoms with Crippen LogP contribution < -0.4 is 0 Å². The minimum Gasteiger partial charge on any atom is -0.371 e. The normalized spacial score (nSPS) is 28.1. The third kappa shape index (κ3) is 3.86. The average Bonchev–Trinajstić information content (AvgIpc) is 2.99. The van der Waals surface area contributed by atoms with Crippen molar-refractivity contribution < 1.29 is 23.5 Å². The molecule has 1 aromatic rings. The molecule has 0 aliphatic carbocycles.